The maximum atomic E-state index is 14.4. The van der Waals surface area contributed by atoms with Gasteiger partial charge in [-0.25, -0.2) is 8.78 Å². The molecule has 2 N–H and O–H groups in total. The van der Waals surface area contributed by atoms with Gasteiger partial charge in [0.05, 0.1) is 17.3 Å². The molecule has 2 heterocycles. The van der Waals surface area contributed by atoms with E-state index in [1.807, 2.05) is 0 Å². The van der Waals surface area contributed by atoms with Crippen LogP contribution in [0.1, 0.15) is 29.3 Å². The fourth-order valence-corrected chi connectivity index (χ4v) is 3.35. The summed E-state index contributed by atoms with van der Waals surface area (Å²) in [5, 5.41) is 0.812. The third-order valence-corrected chi connectivity index (χ3v) is 5.00. The van der Waals surface area contributed by atoms with Crippen molar-refractivity contribution in [3.63, 3.8) is 0 Å². The van der Waals surface area contributed by atoms with Gasteiger partial charge in [0.25, 0.3) is 0 Å². The molecule has 27 heavy (non-hydrogen) atoms. The van der Waals surface area contributed by atoms with Gasteiger partial charge in [0.1, 0.15) is 17.7 Å². The number of aliphatic imine (C=N–C) groups is 1. The largest absolute Gasteiger partial charge is 0.379 e. The van der Waals surface area contributed by atoms with Crippen molar-refractivity contribution in [3.8, 4) is 0 Å². The number of ether oxygens (including phenoxy) is 1. The lowest BCUT2D eigenvalue weighted by Crippen LogP contribution is -2.13. The number of benzene rings is 1. The normalized spacial score (nSPS) is 20.9. The first-order valence-corrected chi connectivity index (χ1v) is 9.71. The Morgan fingerprint density at radius 3 is 2.96 bits per heavy atom. The Balaban J connectivity index is 1.91. The van der Waals surface area contributed by atoms with Gasteiger partial charge >= 0.3 is 0 Å². The molecule has 2 aromatic rings. The van der Waals surface area contributed by atoms with Gasteiger partial charge in [-0.3, -0.25) is 9.98 Å². The Hall–Kier alpha value is -1.96. The molecule has 1 atom stereocenters. The van der Waals surface area contributed by atoms with Gasteiger partial charge in [0.2, 0.25) is 0 Å². The Morgan fingerprint density at radius 1 is 1.33 bits per heavy atom. The molecule has 3 rings (SSSR count). The molecule has 0 spiro atoms. The van der Waals surface area contributed by atoms with Crippen LogP contribution in [0.3, 0.4) is 0 Å². The first-order chi connectivity index (χ1) is 13.0. The van der Waals surface area contributed by atoms with E-state index in [0.717, 1.165) is 12.2 Å². The van der Waals surface area contributed by atoms with Crippen LogP contribution in [-0.4, -0.2) is 29.1 Å². The molecule has 0 unspecified atom stereocenters. The molecule has 142 valence electrons. The van der Waals surface area contributed by atoms with Crippen LogP contribution in [0, 0.1) is 5.82 Å². The first kappa shape index (κ1) is 19.8. The van der Waals surface area contributed by atoms with E-state index in [-0.39, 0.29) is 12.3 Å². The van der Waals surface area contributed by atoms with Crippen LogP contribution in [0.15, 0.2) is 41.5 Å². The second-order valence-corrected chi connectivity index (χ2v) is 7.45. The van der Waals surface area contributed by atoms with Gasteiger partial charge in [-0.05, 0) is 42.3 Å². The monoisotopic (exact) mass is 409 g/mol. The van der Waals surface area contributed by atoms with Crippen LogP contribution in [0.5, 0.6) is 0 Å². The number of hydrogen-bond donors (Lipinski definition) is 1. The minimum Gasteiger partial charge on any atom is -0.379 e. The van der Waals surface area contributed by atoms with Gasteiger partial charge in [0.15, 0.2) is 5.17 Å². The van der Waals surface area contributed by atoms with E-state index in [0.29, 0.717) is 27.9 Å². The highest BCUT2D eigenvalue weighted by molar-refractivity contribution is 8.13. The number of nitrogens with zero attached hydrogens (tertiary/aromatic N) is 2. The van der Waals surface area contributed by atoms with Crippen LogP contribution >= 0.6 is 23.4 Å². The van der Waals surface area contributed by atoms with Crippen LogP contribution < -0.4 is 5.73 Å². The zero-order valence-corrected chi connectivity index (χ0v) is 15.9. The average Bonchev–Trinajstić information content (AvgIpc) is 2.75. The summed E-state index contributed by atoms with van der Waals surface area (Å²) in [4.78, 5) is 8.30. The van der Waals surface area contributed by atoms with Gasteiger partial charge in [0, 0.05) is 24.1 Å². The lowest BCUT2D eigenvalue weighted by Gasteiger charge is -2.15. The molecule has 1 aromatic carbocycles. The lowest BCUT2D eigenvalue weighted by atomic mass is 10.0. The van der Waals surface area contributed by atoms with Crippen molar-refractivity contribution >= 4 is 40.4 Å². The molecule has 1 aliphatic rings. The third-order valence-electron chi connectivity index (χ3n) is 3.89. The average molecular weight is 410 g/mol. The van der Waals surface area contributed by atoms with E-state index in [1.54, 1.807) is 12.1 Å². The highest BCUT2D eigenvalue weighted by Crippen LogP contribution is 2.27. The summed E-state index contributed by atoms with van der Waals surface area (Å²) in [5.74, 6) is -0.188. The van der Waals surface area contributed by atoms with Crippen LogP contribution in [0.2, 0.25) is 5.02 Å². The Kier molecular flexibility index (Phi) is 6.82. The first-order valence-electron chi connectivity index (χ1n) is 8.35. The molecule has 0 amide bonds. The number of pyridine rings is 1. The summed E-state index contributed by atoms with van der Waals surface area (Å²) < 4.78 is 34.4. The smallest absolute Gasteiger partial charge is 0.154 e. The molecule has 4 nitrogen and oxygen atoms in total. The summed E-state index contributed by atoms with van der Waals surface area (Å²) >= 11 is 7.18. The van der Waals surface area contributed by atoms with E-state index in [2.05, 4.69) is 9.98 Å². The van der Waals surface area contributed by atoms with Crippen molar-refractivity contribution < 1.29 is 13.5 Å². The number of nitrogens with two attached hydrogens (primary N) is 1. The zero-order chi connectivity index (χ0) is 19.2. The Bertz CT molecular complexity index is 859. The zero-order valence-electron chi connectivity index (χ0n) is 14.4. The predicted octanol–water partition coefficient (Wildman–Crippen LogP) is 4.85. The lowest BCUT2D eigenvalue weighted by molar-refractivity contribution is 0.122. The van der Waals surface area contributed by atoms with Crippen molar-refractivity contribution in [1.29, 1.82) is 0 Å². The van der Waals surface area contributed by atoms with Crippen molar-refractivity contribution in [1.82, 2.24) is 4.98 Å². The van der Waals surface area contributed by atoms with Crippen molar-refractivity contribution in [2.75, 3.05) is 19.0 Å². The topological polar surface area (TPSA) is 60.5 Å². The maximum absolute atomic E-state index is 14.4. The van der Waals surface area contributed by atoms with E-state index < -0.39 is 17.7 Å². The number of aromatic nitrogens is 1. The maximum Gasteiger partial charge on any atom is 0.154 e. The molecule has 0 aliphatic carbocycles. The number of halogens is 3. The van der Waals surface area contributed by atoms with Gasteiger partial charge in [-0.1, -0.05) is 29.4 Å². The second-order valence-electron chi connectivity index (χ2n) is 5.89. The third kappa shape index (κ3) is 5.51. The van der Waals surface area contributed by atoms with Crippen molar-refractivity contribution in [2.24, 2.45) is 10.7 Å². The summed E-state index contributed by atoms with van der Waals surface area (Å²) in [7, 11) is 0. The minimum absolute atomic E-state index is 0.148. The van der Waals surface area contributed by atoms with E-state index in [4.69, 9.17) is 22.1 Å². The molecule has 0 saturated carbocycles. The fraction of sp³-hybridized carbons (Fsp3) is 0.263. The molecular formula is C19H18ClF2N3OS. The van der Waals surface area contributed by atoms with Crippen LogP contribution in [0.25, 0.3) is 11.9 Å². The molecule has 0 radical (unpaired) electrons. The number of thioether (sulfide) groups is 1. The second kappa shape index (κ2) is 9.30. The SMILES string of the molecule is N/C1=N/[C@@H](c2cc(/C=C(\F)c3ccc(Cl)cn3)ccc2F)COCCCS1. The minimum atomic E-state index is -0.583. The van der Waals surface area contributed by atoms with E-state index in [1.165, 1.54) is 42.2 Å². The molecule has 0 saturated heterocycles. The molecule has 1 aromatic heterocycles. The van der Waals surface area contributed by atoms with Crippen molar-refractivity contribution in [2.45, 2.75) is 12.5 Å². The molecule has 0 bridgehead atoms. The summed E-state index contributed by atoms with van der Waals surface area (Å²) in [6, 6.07) is 6.78. The van der Waals surface area contributed by atoms with Crippen LogP contribution in [-0.2, 0) is 4.74 Å². The highest BCUT2D eigenvalue weighted by atomic mass is 35.5. The summed E-state index contributed by atoms with van der Waals surface area (Å²) in [5.41, 5.74) is 6.85. The van der Waals surface area contributed by atoms with Gasteiger partial charge < -0.3 is 10.5 Å². The molecule has 1 aliphatic heterocycles. The standard InChI is InChI=1S/C19H18ClF2N3OS/c20-13-3-5-17(24-10-13)16(22)9-12-2-4-15(21)14(8-12)18-11-26-6-1-7-27-19(23)25-18/h2-5,8-10,18H,1,6-7,11H2,(H2,23,25)/b16-9-/t18-/m1/s1. The predicted molar refractivity (Wildman–Crippen MR) is 107 cm³/mol. The number of hydrogen-bond acceptors (Lipinski definition) is 5. The van der Waals surface area contributed by atoms with Gasteiger partial charge in [-0.2, -0.15) is 0 Å². The molecule has 8 heteroatoms. The highest BCUT2D eigenvalue weighted by Gasteiger charge is 2.18. The fourth-order valence-electron chi connectivity index (χ4n) is 2.56. The van der Waals surface area contributed by atoms with Gasteiger partial charge in [-0.15, -0.1) is 0 Å². The van der Waals surface area contributed by atoms with Crippen molar-refractivity contribution in [3.05, 3.63) is 64.2 Å². The van der Waals surface area contributed by atoms with E-state index >= 15 is 0 Å². The van der Waals surface area contributed by atoms with E-state index in [9.17, 15) is 8.78 Å². The van der Waals surface area contributed by atoms with Crippen LogP contribution in [0.4, 0.5) is 8.78 Å². The number of rotatable bonds is 3. The number of amidine groups is 1. The Labute approximate surface area is 165 Å². The quantitative estimate of drug-likeness (QED) is 0.787. The summed E-state index contributed by atoms with van der Waals surface area (Å²) in [6.45, 7) is 0.775. The Morgan fingerprint density at radius 2 is 2.19 bits per heavy atom. The molecular weight excluding hydrogens is 392 g/mol. The summed E-state index contributed by atoms with van der Waals surface area (Å²) in [6.07, 6.45) is 3.50. The molecule has 0 fully saturated rings.